The number of ether oxygens (including phenoxy) is 1. The highest BCUT2D eigenvalue weighted by Gasteiger charge is 2.09. The molecule has 1 fully saturated rings. The van der Waals surface area contributed by atoms with Gasteiger partial charge in [0.2, 0.25) is 0 Å². The summed E-state index contributed by atoms with van der Waals surface area (Å²) in [6.45, 7) is 8.08. The number of nitrogens with zero attached hydrogens (tertiary/aromatic N) is 1. The van der Waals surface area contributed by atoms with E-state index in [4.69, 9.17) is 4.74 Å². The highest BCUT2D eigenvalue weighted by Crippen LogP contribution is 2.24. The number of anilines is 1. The molecule has 0 aromatic carbocycles. The van der Waals surface area contributed by atoms with Crippen LogP contribution in [0.4, 0.5) is 5.42 Å². The fraction of sp³-hybridized carbons (Fsp3) is 0.583. The summed E-state index contributed by atoms with van der Waals surface area (Å²) in [5.74, 6) is 2.17. The Bertz CT molecular complexity index is 247. The lowest BCUT2D eigenvalue weighted by molar-refractivity contribution is 0.123. The number of hydrogen-bond acceptors (Lipinski definition) is 2. The zero-order valence-corrected chi connectivity index (χ0v) is 10.5. The second kappa shape index (κ2) is 7.67. The maximum absolute atomic E-state index is 5.29. The Kier molecular flexibility index (Phi) is 6.38. The van der Waals surface area contributed by atoms with Crippen molar-refractivity contribution >= 4 is 13.6 Å². The van der Waals surface area contributed by atoms with E-state index in [1.54, 1.807) is 0 Å². The van der Waals surface area contributed by atoms with E-state index in [9.17, 15) is 0 Å². The maximum atomic E-state index is 5.29. The third kappa shape index (κ3) is 4.63. The van der Waals surface area contributed by atoms with Gasteiger partial charge in [-0.3, -0.25) is 0 Å². The highest BCUT2D eigenvalue weighted by molar-refractivity contribution is 7.33. The first-order chi connectivity index (χ1) is 7.38. The monoisotopic (exact) mass is 225 g/mol. The first-order valence-corrected chi connectivity index (χ1v) is 6.58. The number of rotatable bonds is 1. The van der Waals surface area contributed by atoms with E-state index in [-0.39, 0.29) is 0 Å². The molecule has 0 saturated carbocycles. The normalized spacial score (nSPS) is 16.0. The van der Waals surface area contributed by atoms with Crippen molar-refractivity contribution in [3.05, 3.63) is 24.0 Å². The van der Waals surface area contributed by atoms with Crippen LogP contribution in [0.2, 0.25) is 0 Å². The molecule has 84 valence electrons. The van der Waals surface area contributed by atoms with Crippen molar-refractivity contribution in [3.63, 3.8) is 0 Å². The molecule has 0 bridgehead atoms. The molecule has 1 aromatic heterocycles. The largest absolute Gasteiger partial charge is 0.378 e. The van der Waals surface area contributed by atoms with E-state index in [1.165, 1.54) is 20.0 Å². The zero-order chi connectivity index (χ0) is 10.9. The first kappa shape index (κ1) is 12.5. The minimum Gasteiger partial charge on any atom is -0.378 e. The molecule has 2 nitrogen and oxygen atoms in total. The van der Waals surface area contributed by atoms with Gasteiger partial charge in [-0.25, -0.2) is 0 Å². The van der Waals surface area contributed by atoms with Gasteiger partial charge < -0.3 is 9.64 Å². The predicted molar refractivity (Wildman–Crippen MR) is 68.0 cm³/mol. The fourth-order valence-corrected chi connectivity index (χ4v) is 2.21. The Morgan fingerprint density at radius 2 is 1.93 bits per heavy atom. The van der Waals surface area contributed by atoms with Gasteiger partial charge in [0.1, 0.15) is 0 Å². The molecule has 0 N–H and O–H groups in total. The molecule has 0 aliphatic carbocycles. The molecule has 0 amide bonds. The van der Waals surface area contributed by atoms with Crippen LogP contribution in [0.1, 0.15) is 20.3 Å². The summed E-state index contributed by atoms with van der Waals surface area (Å²) >= 11 is 0. The maximum Gasteiger partial charge on any atom is 0.0644 e. The zero-order valence-electron chi connectivity index (χ0n) is 9.65. The van der Waals surface area contributed by atoms with Crippen LogP contribution < -0.4 is 4.90 Å². The van der Waals surface area contributed by atoms with Crippen LogP contribution in [0.15, 0.2) is 24.0 Å². The van der Waals surface area contributed by atoms with Crippen molar-refractivity contribution in [2.75, 3.05) is 31.2 Å². The molecule has 1 aromatic rings. The summed E-state index contributed by atoms with van der Waals surface area (Å²) in [5.41, 5.74) is 1.40. The second-order valence-corrected chi connectivity index (χ2v) is 4.51. The third-order valence-electron chi connectivity index (χ3n) is 1.98. The molecule has 1 aliphatic heterocycles. The van der Waals surface area contributed by atoms with E-state index in [0.29, 0.717) is 0 Å². The lowest BCUT2D eigenvalue weighted by Crippen LogP contribution is -2.35. The molecule has 1 saturated heterocycles. The Morgan fingerprint density at radius 3 is 2.47 bits per heavy atom. The van der Waals surface area contributed by atoms with Crippen molar-refractivity contribution in [3.8, 4) is 0 Å². The van der Waals surface area contributed by atoms with Gasteiger partial charge in [0, 0.05) is 13.1 Å². The Labute approximate surface area is 94.4 Å². The molecule has 1 aliphatic rings. The SMILES string of the molecule is CCC.c1ccc(N2CCOCC2)pc1. The third-order valence-corrected chi connectivity index (χ3v) is 3.00. The van der Waals surface area contributed by atoms with Gasteiger partial charge in [-0.1, -0.05) is 40.6 Å². The fourth-order valence-electron chi connectivity index (χ4n) is 1.33. The average Bonchev–Trinajstić information content (AvgIpc) is 2.32. The minimum atomic E-state index is 0.872. The molecule has 3 heteroatoms. The Balaban J connectivity index is 0.000000337. The second-order valence-electron chi connectivity index (χ2n) is 3.49. The van der Waals surface area contributed by atoms with Gasteiger partial charge in [0.05, 0.1) is 18.6 Å². The lowest BCUT2D eigenvalue weighted by atomic mass is 10.4. The van der Waals surface area contributed by atoms with Crippen LogP contribution in [-0.4, -0.2) is 26.3 Å². The molecule has 15 heavy (non-hydrogen) atoms. The van der Waals surface area contributed by atoms with E-state index in [2.05, 4.69) is 42.7 Å². The van der Waals surface area contributed by atoms with Crippen molar-refractivity contribution in [2.45, 2.75) is 20.3 Å². The quantitative estimate of drug-likeness (QED) is 0.725. The molecule has 0 radical (unpaired) electrons. The van der Waals surface area contributed by atoms with Crippen LogP contribution in [0.3, 0.4) is 0 Å². The van der Waals surface area contributed by atoms with Gasteiger partial charge >= 0.3 is 0 Å². The topological polar surface area (TPSA) is 12.5 Å². The van der Waals surface area contributed by atoms with Crippen LogP contribution in [0, 0.1) is 0 Å². The van der Waals surface area contributed by atoms with Crippen molar-refractivity contribution in [1.29, 1.82) is 0 Å². The lowest BCUT2D eigenvalue weighted by Gasteiger charge is -2.28. The Hall–Kier alpha value is -0.590. The molecule has 0 spiro atoms. The van der Waals surface area contributed by atoms with Gasteiger partial charge in [-0.05, 0) is 11.9 Å². The van der Waals surface area contributed by atoms with Crippen LogP contribution in [0.25, 0.3) is 0 Å². The van der Waals surface area contributed by atoms with Crippen molar-refractivity contribution < 1.29 is 4.74 Å². The van der Waals surface area contributed by atoms with Gasteiger partial charge in [-0.2, -0.15) is 0 Å². The first-order valence-electron chi connectivity index (χ1n) is 5.62. The summed E-state index contributed by atoms with van der Waals surface area (Å²) in [7, 11) is 1.32. The highest BCUT2D eigenvalue weighted by atomic mass is 31.0. The summed E-state index contributed by atoms with van der Waals surface area (Å²) in [4.78, 5) is 2.39. The van der Waals surface area contributed by atoms with E-state index >= 15 is 0 Å². The van der Waals surface area contributed by atoms with E-state index < -0.39 is 0 Å². The van der Waals surface area contributed by atoms with Crippen LogP contribution in [-0.2, 0) is 4.74 Å². The molecular formula is C12H20NOP. The summed E-state index contributed by atoms with van der Waals surface area (Å²) < 4.78 is 5.29. The predicted octanol–water partition coefficient (Wildman–Crippen LogP) is 3.52. The standard InChI is InChI=1S/C9H12NOP.C3H8/c1-2-8-12-9(3-1)10-4-6-11-7-5-10;1-3-2/h1-3,8H,4-7H2;3H2,1-2H3. The molecule has 0 atom stereocenters. The smallest absolute Gasteiger partial charge is 0.0644 e. The van der Waals surface area contributed by atoms with Crippen molar-refractivity contribution in [2.24, 2.45) is 0 Å². The van der Waals surface area contributed by atoms with E-state index in [1.807, 2.05) is 0 Å². The molecule has 2 rings (SSSR count). The van der Waals surface area contributed by atoms with Crippen LogP contribution in [0.5, 0.6) is 0 Å². The van der Waals surface area contributed by atoms with Gasteiger partial charge in [-0.15, -0.1) is 0 Å². The summed E-state index contributed by atoms with van der Waals surface area (Å²) in [6.07, 6.45) is 1.25. The average molecular weight is 225 g/mol. The summed E-state index contributed by atoms with van der Waals surface area (Å²) in [6, 6.07) is 6.37. The molecule has 0 unspecified atom stereocenters. The summed E-state index contributed by atoms with van der Waals surface area (Å²) in [5, 5.41) is 0. The van der Waals surface area contributed by atoms with Gasteiger partial charge in [0.15, 0.2) is 0 Å². The molecule has 2 heterocycles. The molecular weight excluding hydrogens is 205 g/mol. The van der Waals surface area contributed by atoms with Crippen LogP contribution >= 0.6 is 8.19 Å². The van der Waals surface area contributed by atoms with Gasteiger partial charge in [0.25, 0.3) is 0 Å². The minimum absolute atomic E-state index is 0.872. The van der Waals surface area contributed by atoms with Crippen molar-refractivity contribution in [1.82, 2.24) is 0 Å². The number of morpholine rings is 1. The van der Waals surface area contributed by atoms with E-state index in [0.717, 1.165) is 26.3 Å². The Morgan fingerprint density at radius 1 is 1.27 bits per heavy atom. The number of hydrogen-bond donors (Lipinski definition) is 0.